The van der Waals surface area contributed by atoms with Crippen molar-refractivity contribution in [1.29, 1.82) is 0 Å². The van der Waals surface area contributed by atoms with Crippen LogP contribution in [0.2, 0.25) is 0 Å². The van der Waals surface area contributed by atoms with Crippen molar-refractivity contribution >= 4 is 21.8 Å². The molecule has 1 atom stereocenters. The number of hydrogen-bond donors (Lipinski definition) is 0. The summed E-state index contributed by atoms with van der Waals surface area (Å²) in [6.07, 6.45) is 1.11. The van der Waals surface area contributed by atoms with Crippen LogP contribution in [0.25, 0.3) is 4.24 Å². The molecule has 0 amide bonds. The zero-order valence-corrected chi connectivity index (χ0v) is 17.1. The van der Waals surface area contributed by atoms with Gasteiger partial charge >= 0.3 is 29.6 Å². The molecular weight excluding hydrogens is 361 g/mol. The largest absolute Gasteiger partial charge is 1.00 e. The summed E-state index contributed by atoms with van der Waals surface area (Å²) in [4.78, 5) is 9.96. The maximum absolute atomic E-state index is 11.0. The summed E-state index contributed by atoms with van der Waals surface area (Å²) in [7, 11) is -3.62. The molecule has 1 unspecified atom stereocenters. The van der Waals surface area contributed by atoms with Crippen LogP contribution in [0.15, 0.2) is 59.5 Å². The molecule has 0 aromatic heterocycles. The van der Waals surface area contributed by atoms with Crippen molar-refractivity contribution in [3.8, 4) is 0 Å². The quantitative estimate of drug-likeness (QED) is 0.597. The van der Waals surface area contributed by atoms with Gasteiger partial charge in [-0.2, -0.15) is 0 Å². The van der Waals surface area contributed by atoms with Crippen LogP contribution in [0.3, 0.4) is 0 Å². The van der Waals surface area contributed by atoms with Crippen LogP contribution in [0, 0.1) is 6.92 Å². The van der Waals surface area contributed by atoms with Crippen LogP contribution in [0.4, 0.5) is 0 Å². The van der Waals surface area contributed by atoms with E-state index in [2.05, 4.69) is 16.4 Å². The van der Waals surface area contributed by atoms with E-state index in [-0.39, 0.29) is 40.6 Å². The van der Waals surface area contributed by atoms with Crippen molar-refractivity contribution in [3.05, 3.63) is 70.0 Å². The van der Waals surface area contributed by atoms with E-state index in [9.17, 15) is 8.42 Å². The third kappa shape index (κ3) is 6.46. The Morgan fingerprint density at radius 2 is 1.71 bits per heavy atom. The third-order valence-corrected chi connectivity index (χ3v) is 4.82. The fourth-order valence-electron chi connectivity index (χ4n) is 1.97. The summed E-state index contributed by atoms with van der Waals surface area (Å²) in [5.41, 5.74) is 2.19. The number of hydrogen-bond acceptors (Lipinski definition) is 4. The fourth-order valence-corrected chi connectivity index (χ4v) is 2.77. The normalized spacial score (nSPS) is 16.7. The predicted octanol–water partition coefficient (Wildman–Crippen LogP) is 1.29. The summed E-state index contributed by atoms with van der Waals surface area (Å²) in [5, 5.41) is 0. The van der Waals surface area contributed by atoms with E-state index < -0.39 is 10.0 Å². The Hall–Kier alpha value is -0.440. The van der Waals surface area contributed by atoms with E-state index in [0.29, 0.717) is 6.61 Å². The van der Waals surface area contributed by atoms with Gasteiger partial charge in [-0.1, -0.05) is 48.0 Å². The molecule has 24 heavy (non-hydrogen) atoms. The van der Waals surface area contributed by atoms with Gasteiger partial charge in [-0.25, -0.2) is 18.2 Å². The average Bonchev–Trinajstić information content (AvgIpc) is 3.11. The maximum Gasteiger partial charge on any atom is 1.00 e. The fraction of sp³-hybridized carbons (Fsp3) is 0.250. The number of rotatable bonds is 3. The smallest absolute Gasteiger partial charge is 0.458 e. The molecule has 1 aliphatic rings. The average molecular weight is 378 g/mol. The molecule has 1 heterocycles. The number of benzene rings is 2. The van der Waals surface area contributed by atoms with E-state index in [1.54, 1.807) is 12.1 Å². The van der Waals surface area contributed by atoms with Crippen LogP contribution in [0.1, 0.15) is 23.7 Å². The van der Waals surface area contributed by atoms with Gasteiger partial charge in [-0.05, 0) is 24.6 Å². The minimum atomic E-state index is -3.62. The summed E-state index contributed by atoms with van der Waals surface area (Å²) < 4.78 is 24.8. The minimum Gasteiger partial charge on any atom is -0.458 e. The Labute approximate surface area is 169 Å². The van der Waals surface area contributed by atoms with Gasteiger partial charge < -0.3 is 4.24 Å². The second-order valence-corrected chi connectivity index (χ2v) is 6.94. The maximum atomic E-state index is 11.0. The zero-order chi connectivity index (χ0) is 16.7. The molecule has 0 radical (unpaired) electrons. The van der Waals surface area contributed by atoms with Gasteiger partial charge in [0.2, 0.25) is 0 Å². The molecule has 0 spiro atoms. The Kier molecular flexibility index (Phi) is 9.48. The van der Waals surface area contributed by atoms with E-state index in [4.69, 9.17) is 21.6 Å². The summed E-state index contributed by atoms with van der Waals surface area (Å²) in [6.45, 7) is 2.58. The van der Waals surface area contributed by atoms with Crippen LogP contribution in [-0.2, 0) is 19.8 Å². The first-order valence-corrected chi connectivity index (χ1v) is 8.79. The second kappa shape index (κ2) is 10.5. The van der Waals surface area contributed by atoms with E-state index in [1.165, 1.54) is 17.7 Å². The number of nitrogens with zero attached hydrogens (tertiary/aromatic N) is 1. The van der Waals surface area contributed by atoms with Gasteiger partial charge in [-0.15, -0.1) is 0 Å². The summed E-state index contributed by atoms with van der Waals surface area (Å²) in [6, 6.07) is 16.4. The van der Waals surface area contributed by atoms with Crippen LogP contribution in [-0.4, -0.2) is 15.0 Å². The molecule has 3 rings (SSSR count). The molecule has 124 valence electrons. The molecule has 0 saturated carbocycles. The second-order valence-electron chi connectivity index (χ2n) is 4.96. The summed E-state index contributed by atoms with van der Waals surface area (Å²) >= 11 is 4.90. The van der Waals surface area contributed by atoms with Crippen LogP contribution < -0.4 is 29.6 Å². The molecule has 0 aliphatic carbocycles. The van der Waals surface area contributed by atoms with Gasteiger partial charge in [0.15, 0.2) is 0 Å². The van der Waals surface area contributed by atoms with Crippen molar-refractivity contribution < 1.29 is 47.8 Å². The Morgan fingerprint density at radius 3 is 2.21 bits per heavy atom. The van der Waals surface area contributed by atoms with Crippen LogP contribution in [0.5, 0.6) is 0 Å². The number of aryl methyl sites for hydroxylation is 1. The SMILES string of the molecule is Cc1ccc(S(=O)(=O)[N-]Cl)cc1.[Na+].c1ccc(C2CCOO2)cc1. The first-order valence-electron chi connectivity index (χ1n) is 7.01. The first-order chi connectivity index (χ1) is 11.0. The van der Waals surface area contributed by atoms with E-state index in [0.717, 1.165) is 12.0 Å². The Bertz CT molecular complexity index is 705. The number of sulfonamides is 1. The zero-order valence-electron chi connectivity index (χ0n) is 13.6. The molecule has 0 bridgehead atoms. The van der Waals surface area contributed by atoms with Crippen molar-refractivity contribution in [2.45, 2.75) is 24.3 Å². The van der Waals surface area contributed by atoms with Crippen molar-refractivity contribution in [2.24, 2.45) is 0 Å². The molecule has 5 nitrogen and oxygen atoms in total. The molecule has 1 aliphatic heterocycles. The van der Waals surface area contributed by atoms with Gasteiger partial charge in [0.25, 0.3) is 0 Å². The van der Waals surface area contributed by atoms with E-state index in [1.807, 2.05) is 25.1 Å². The van der Waals surface area contributed by atoms with Gasteiger partial charge in [0.05, 0.1) is 6.61 Å². The van der Waals surface area contributed by atoms with Crippen LogP contribution >= 0.6 is 11.8 Å². The van der Waals surface area contributed by atoms with Crippen molar-refractivity contribution in [1.82, 2.24) is 0 Å². The van der Waals surface area contributed by atoms with E-state index >= 15 is 0 Å². The molecule has 2 aromatic carbocycles. The molecule has 1 saturated heterocycles. The van der Waals surface area contributed by atoms with Gasteiger partial charge in [0.1, 0.15) is 16.1 Å². The Morgan fingerprint density at radius 1 is 1.08 bits per heavy atom. The van der Waals surface area contributed by atoms with Crippen molar-refractivity contribution in [2.75, 3.05) is 6.61 Å². The molecular formula is C16H17ClNNaO4S. The number of halogens is 1. The topological polar surface area (TPSA) is 66.7 Å². The van der Waals surface area contributed by atoms with Gasteiger partial charge in [-0.3, -0.25) is 11.8 Å². The first kappa shape index (κ1) is 21.6. The van der Waals surface area contributed by atoms with Crippen molar-refractivity contribution in [3.63, 3.8) is 0 Å². The Balaban J connectivity index is 0.000000231. The molecule has 1 fully saturated rings. The summed E-state index contributed by atoms with van der Waals surface area (Å²) in [5.74, 6) is 0. The minimum absolute atomic E-state index is 0. The molecule has 8 heteroatoms. The van der Waals surface area contributed by atoms with Gasteiger partial charge in [0, 0.05) is 11.3 Å². The molecule has 2 aromatic rings. The predicted molar refractivity (Wildman–Crippen MR) is 88.4 cm³/mol. The third-order valence-electron chi connectivity index (χ3n) is 3.23. The standard InChI is InChI=1S/C9H10O2.C7H7ClNO2S.Na/c1-2-4-8(5-3-1)9-6-7-10-11-9;1-6-2-4-7(5-3-6)12(10,11)9-8;/h1-5,9H,6-7H2;2-5H,1H3;/q;-1;+1. The molecule has 0 N–H and O–H groups in total. The monoisotopic (exact) mass is 377 g/mol.